The molecular weight excluding hydrogens is 278 g/mol. The van der Waals surface area contributed by atoms with Crippen LogP contribution in [0, 0.1) is 0 Å². The van der Waals surface area contributed by atoms with E-state index in [4.69, 9.17) is 0 Å². The van der Waals surface area contributed by atoms with Gasteiger partial charge < -0.3 is 16.0 Å². The topological polar surface area (TPSA) is 70.2 Å². The summed E-state index contributed by atoms with van der Waals surface area (Å²) in [6.45, 7) is 7.00. The summed E-state index contributed by atoms with van der Waals surface area (Å²) in [6, 6.07) is 7.33. The molecule has 0 spiro atoms. The van der Waals surface area contributed by atoms with E-state index in [0.717, 1.165) is 24.9 Å². The van der Waals surface area contributed by atoms with Crippen molar-refractivity contribution >= 4 is 17.5 Å². The molecule has 1 aromatic rings. The lowest BCUT2D eigenvalue weighted by Crippen LogP contribution is -2.32. The fraction of sp³-hybridized carbons (Fsp3) is 0.529. The predicted molar refractivity (Wildman–Crippen MR) is 90.1 cm³/mol. The van der Waals surface area contributed by atoms with E-state index in [1.807, 2.05) is 26.0 Å². The van der Waals surface area contributed by atoms with Gasteiger partial charge in [0.05, 0.1) is 6.54 Å². The number of nitrogens with one attached hydrogen (secondary N) is 3. The van der Waals surface area contributed by atoms with E-state index in [1.165, 1.54) is 0 Å². The minimum atomic E-state index is -0.0922. The molecule has 1 aromatic carbocycles. The van der Waals surface area contributed by atoms with Crippen molar-refractivity contribution in [2.75, 3.05) is 18.4 Å². The van der Waals surface area contributed by atoms with E-state index in [-0.39, 0.29) is 24.4 Å². The minimum Gasteiger partial charge on any atom is -0.376 e. The molecule has 22 heavy (non-hydrogen) atoms. The number of hydrogen-bond donors (Lipinski definition) is 3. The maximum Gasteiger partial charge on any atom is 0.251 e. The van der Waals surface area contributed by atoms with Gasteiger partial charge in [0.1, 0.15) is 0 Å². The number of carbonyl (C=O) groups excluding carboxylic acids is 2. The van der Waals surface area contributed by atoms with Gasteiger partial charge in [0.25, 0.3) is 5.91 Å². The molecule has 0 aliphatic heterocycles. The third-order valence-electron chi connectivity index (χ3n) is 3.42. The van der Waals surface area contributed by atoms with E-state index in [2.05, 4.69) is 22.9 Å². The van der Waals surface area contributed by atoms with Crippen molar-refractivity contribution in [1.82, 2.24) is 10.6 Å². The third-order valence-corrected chi connectivity index (χ3v) is 3.42. The SMILES string of the molecule is CCCCNC(=O)CNc1cccc(C(=O)NC(C)CC)c1. The first-order valence-electron chi connectivity index (χ1n) is 7.98. The number of hydrogen-bond acceptors (Lipinski definition) is 3. The average Bonchev–Trinajstić information content (AvgIpc) is 2.53. The molecule has 1 unspecified atom stereocenters. The molecular formula is C17H27N3O2. The molecule has 5 heteroatoms. The summed E-state index contributed by atoms with van der Waals surface area (Å²) in [5, 5.41) is 8.81. The van der Waals surface area contributed by atoms with E-state index < -0.39 is 0 Å². The Morgan fingerprint density at radius 2 is 2.00 bits per heavy atom. The Morgan fingerprint density at radius 1 is 1.23 bits per heavy atom. The number of carbonyl (C=O) groups is 2. The minimum absolute atomic E-state index is 0.0390. The molecule has 3 N–H and O–H groups in total. The Bertz CT molecular complexity index is 489. The molecule has 0 bridgehead atoms. The molecule has 0 radical (unpaired) electrons. The highest BCUT2D eigenvalue weighted by molar-refractivity contribution is 5.95. The maximum atomic E-state index is 12.1. The van der Waals surface area contributed by atoms with Crippen molar-refractivity contribution in [3.05, 3.63) is 29.8 Å². The molecule has 0 saturated heterocycles. The molecule has 122 valence electrons. The van der Waals surface area contributed by atoms with Crippen LogP contribution < -0.4 is 16.0 Å². The first-order chi connectivity index (χ1) is 10.6. The zero-order chi connectivity index (χ0) is 16.4. The Labute approximate surface area is 132 Å². The van der Waals surface area contributed by atoms with Crippen molar-refractivity contribution < 1.29 is 9.59 Å². The lowest BCUT2D eigenvalue weighted by atomic mass is 10.1. The highest BCUT2D eigenvalue weighted by atomic mass is 16.2. The van der Waals surface area contributed by atoms with Crippen LogP contribution in [0.25, 0.3) is 0 Å². The highest BCUT2D eigenvalue weighted by Crippen LogP contribution is 2.10. The molecule has 0 saturated carbocycles. The van der Waals surface area contributed by atoms with E-state index in [1.54, 1.807) is 12.1 Å². The van der Waals surface area contributed by atoms with Gasteiger partial charge in [-0.1, -0.05) is 26.3 Å². The molecule has 0 aliphatic carbocycles. The predicted octanol–water partition coefficient (Wildman–Crippen LogP) is 2.54. The fourth-order valence-corrected chi connectivity index (χ4v) is 1.83. The van der Waals surface area contributed by atoms with Crippen LogP contribution in [0.1, 0.15) is 50.4 Å². The molecule has 1 rings (SSSR count). The van der Waals surface area contributed by atoms with Gasteiger partial charge in [0, 0.05) is 23.8 Å². The van der Waals surface area contributed by atoms with Crippen LogP contribution in [0.2, 0.25) is 0 Å². The molecule has 1 atom stereocenters. The van der Waals surface area contributed by atoms with Crippen LogP contribution in [0.5, 0.6) is 0 Å². The third kappa shape index (κ3) is 6.61. The normalized spacial score (nSPS) is 11.6. The Hall–Kier alpha value is -2.04. The van der Waals surface area contributed by atoms with Crippen LogP contribution in [-0.4, -0.2) is 30.9 Å². The van der Waals surface area contributed by atoms with Crippen LogP contribution in [-0.2, 0) is 4.79 Å². The van der Waals surface area contributed by atoms with E-state index >= 15 is 0 Å². The fourth-order valence-electron chi connectivity index (χ4n) is 1.83. The highest BCUT2D eigenvalue weighted by Gasteiger charge is 2.09. The standard InChI is InChI=1S/C17H27N3O2/c1-4-6-10-18-16(21)12-19-15-9-7-8-14(11-15)17(22)20-13(3)5-2/h7-9,11,13,19H,4-6,10,12H2,1-3H3,(H,18,21)(H,20,22). The molecule has 0 fully saturated rings. The van der Waals surface area contributed by atoms with Crippen molar-refractivity contribution in [2.24, 2.45) is 0 Å². The maximum absolute atomic E-state index is 12.1. The molecule has 2 amide bonds. The van der Waals surface area contributed by atoms with Gasteiger partial charge in [-0.3, -0.25) is 9.59 Å². The largest absolute Gasteiger partial charge is 0.376 e. The van der Waals surface area contributed by atoms with Crippen molar-refractivity contribution in [2.45, 2.75) is 46.1 Å². The first kappa shape index (κ1) is 18.0. The second-order valence-electron chi connectivity index (χ2n) is 5.42. The van der Waals surface area contributed by atoms with Crippen molar-refractivity contribution in [3.63, 3.8) is 0 Å². The van der Waals surface area contributed by atoms with Gasteiger partial charge in [0.15, 0.2) is 0 Å². The van der Waals surface area contributed by atoms with Crippen LogP contribution >= 0.6 is 0 Å². The Morgan fingerprint density at radius 3 is 2.68 bits per heavy atom. The van der Waals surface area contributed by atoms with Gasteiger partial charge in [-0.2, -0.15) is 0 Å². The van der Waals surface area contributed by atoms with Gasteiger partial charge in [-0.05, 0) is 38.0 Å². The number of benzene rings is 1. The quantitative estimate of drug-likeness (QED) is 0.614. The van der Waals surface area contributed by atoms with Gasteiger partial charge in [0.2, 0.25) is 5.91 Å². The molecule has 5 nitrogen and oxygen atoms in total. The summed E-state index contributed by atoms with van der Waals surface area (Å²) in [5.74, 6) is -0.131. The number of amides is 2. The average molecular weight is 305 g/mol. The zero-order valence-corrected chi connectivity index (χ0v) is 13.7. The summed E-state index contributed by atoms with van der Waals surface area (Å²) in [4.78, 5) is 23.7. The molecule has 0 heterocycles. The van der Waals surface area contributed by atoms with Crippen molar-refractivity contribution in [1.29, 1.82) is 0 Å². The monoisotopic (exact) mass is 305 g/mol. The van der Waals surface area contributed by atoms with Crippen LogP contribution in [0.4, 0.5) is 5.69 Å². The van der Waals surface area contributed by atoms with E-state index in [9.17, 15) is 9.59 Å². The second-order valence-corrected chi connectivity index (χ2v) is 5.42. The van der Waals surface area contributed by atoms with Crippen LogP contribution in [0.3, 0.4) is 0 Å². The smallest absolute Gasteiger partial charge is 0.251 e. The number of rotatable bonds is 9. The van der Waals surface area contributed by atoms with Crippen molar-refractivity contribution in [3.8, 4) is 0 Å². The lowest BCUT2D eigenvalue weighted by molar-refractivity contribution is -0.119. The Kier molecular flexibility index (Phi) is 8.04. The Balaban J connectivity index is 2.50. The van der Waals surface area contributed by atoms with Gasteiger partial charge in [-0.25, -0.2) is 0 Å². The summed E-state index contributed by atoms with van der Waals surface area (Å²) < 4.78 is 0. The summed E-state index contributed by atoms with van der Waals surface area (Å²) in [5.41, 5.74) is 1.36. The molecule has 0 aromatic heterocycles. The zero-order valence-electron chi connectivity index (χ0n) is 13.7. The lowest BCUT2D eigenvalue weighted by Gasteiger charge is -2.12. The van der Waals surface area contributed by atoms with Gasteiger partial charge >= 0.3 is 0 Å². The first-order valence-corrected chi connectivity index (χ1v) is 7.98. The van der Waals surface area contributed by atoms with Crippen LogP contribution in [0.15, 0.2) is 24.3 Å². The van der Waals surface area contributed by atoms with E-state index in [0.29, 0.717) is 12.1 Å². The summed E-state index contributed by atoms with van der Waals surface area (Å²) in [6.07, 6.45) is 2.93. The van der Waals surface area contributed by atoms with Gasteiger partial charge in [-0.15, -0.1) is 0 Å². The summed E-state index contributed by atoms with van der Waals surface area (Å²) in [7, 11) is 0. The number of anilines is 1. The summed E-state index contributed by atoms with van der Waals surface area (Å²) >= 11 is 0. The second kappa shape index (κ2) is 9.82. The molecule has 0 aliphatic rings. The number of unbranched alkanes of at least 4 members (excludes halogenated alkanes) is 1.